The van der Waals surface area contributed by atoms with Gasteiger partial charge in [-0.1, -0.05) is 0 Å². The predicted molar refractivity (Wildman–Crippen MR) is 125 cm³/mol. The number of carbonyl (C=O) groups excluding carboxylic acids is 1. The third-order valence-electron chi connectivity index (χ3n) is 5.59. The van der Waals surface area contributed by atoms with Crippen LogP contribution in [0.5, 0.6) is 11.5 Å². The molecule has 0 fully saturated rings. The van der Waals surface area contributed by atoms with E-state index in [0.717, 1.165) is 16.8 Å². The fourth-order valence-corrected chi connectivity index (χ4v) is 5.17. The number of nitrogens with one attached hydrogen (secondary N) is 1. The number of sulfonamides is 1. The topological polar surface area (TPSA) is 88.2 Å². The van der Waals surface area contributed by atoms with Crippen molar-refractivity contribution in [2.24, 2.45) is 0 Å². The number of rotatable bonds is 9. The van der Waals surface area contributed by atoms with Crippen LogP contribution in [0.3, 0.4) is 0 Å². The zero-order valence-electron chi connectivity index (χ0n) is 19.1. The highest BCUT2D eigenvalue weighted by molar-refractivity contribution is 7.89. The number of ether oxygens (including phenoxy) is 2. The van der Waals surface area contributed by atoms with Crippen molar-refractivity contribution in [3.8, 4) is 11.5 Å². The lowest BCUT2D eigenvalue weighted by atomic mass is 10.0. The lowest BCUT2D eigenvalue weighted by Gasteiger charge is -2.29. The summed E-state index contributed by atoms with van der Waals surface area (Å²) in [4.78, 5) is 14.3. The van der Waals surface area contributed by atoms with E-state index in [2.05, 4.69) is 5.32 Å². The van der Waals surface area contributed by atoms with E-state index in [9.17, 15) is 13.2 Å². The number of anilines is 1. The highest BCUT2D eigenvalue weighted by Crippen LogP contribution is 2.33. The largest absolute Gasteiger partial charge is 0.493 e. The normalized spacial score (nSPS) is 13.9. The van der Waals surface area contributed by atoms with Gasteiger partial charge in [0.05, 0.1) is 20.0 Å². The molecule has 2 aromatic rings. The number of methoxy groups -OCH3 is 2. The lowest BCUT2D eigenvalue weighted by molar-refractivity contribution is 0.0953. The zero-order valence-corrected chi connectivity index (χ0v) is 19.9. The summed E-state index contributed by atoms with van der Waals surface area (Å²) in [7, 11) is 3.58. The van der Waals surface area contributed by atoms with Crippen LogP contribution in [-0.2, 0) is 23.0 Å². The molecule has 0 atom stereocenters. The maximum absolute atomic E-state index is 12.8. The van der Waals surface area contributed by atoms with Crippen LogP contribution in [0.4, 0.5) is 5.69 Å². The second kappa shape index (κ2) is 10.2. The molecule has 8 nitrogen and oxygen atoms in total. The maximum Gasteiger partial charge on any atom is 0.251 e. The highest BCUT2D eigenvalue weighted by Gasteiger charge is 2.27. The van der Waals surface area contributed by atoms with E-state index in [-0.39, 0.29) is 11.7 Å². The minimum Gasteiger partial charge on any atom is -0.493 e. The molecule has 3 rings (SSSR count). The molecule has 2 aromatic carbocycles. The van der Waals surface area contributed by atoms with E-state index in [4.69, 9.17) is 9.47 Å². The van der Waals surface area contributed by atoms with Crippen LogP contribution < -0.4 is 19.7 Å². The van der Waals surface area contributed by atoms with E-state index >= 15 is 0 Å². The molecular formula is C23H31N3O5S. The molecule has 0 spiro atoms. The van der Waals surface area contributed by atoms with Gasteiger partial charge in [-0.3, -0.25) is 4.79 Å². The van der Waals surface area contributed by atoms with Gasteiger partial charge < -0.3 is 19.7 Å². The number of hydrogen-bond donors (Lipinski definition) is 1. The second-order valence-corrected chi connectivity index (χ2v) is 10.0. The van der Waals surface area contributed by atoms with Crippen molar-refractivity contribution < 1.29 is 22.7 Å². The molecule has 0 unspecified atom stereocenters. The summed E-state index contributed by atoms with van der Waals surface area (Å²) in [6.45, 7) is 1.03. The number of hydrogen-bond acceptors (Lipinski definition) is 6. The molecule has 32 heavy (non-hydrogen) atoms. The fraction of sp³-hybridized carbons (Fsp3) is 0.435. The monoisotopic (exact) mass is 461 g/mol. The molecule has 1 amide bonds. The SMILES string of the molecule is COc1cc2c(cc1OC)CN(S(=O)(=O)CCCNC(=O)c1ccc(N(C)C)cc1)CC2. The van der Waals surface area contributed by atoms with Crippen LogP contribution >= 0.6 is 0 Å². The van der Waals surface area contributed by atoms with E-state index in [0.29, 0.717) is 49.5 Å². The van der Waals surface area contributed by atoms with E-state index in [1.165, 1.54) is 4.31 Å². The van der Waals surface area contributed by atoms with Crippen molar-refractivity contribution in [1.29, 1.82) is 0 Å². The number of carbonyl (C=O) groups is 1. The Morgan fingerprint density at radius 3 is 2.28 bits per heavy atom. The molecule has 1 heterocycles. The van der Waals surface area contributed by atoms with Crippen LogP contribution in [0.2, 0.25) is 0 Å². The molecule has 174 valence electrons. The zero-order chi connectivity index (χ0) is 23.3. The molecule has 0 aliphatic carbocycles. The highest BCUT2D eigenvalue weighted by atomic mass is 32.2. The van der Waals surface area contributed by atoms with Crippen molar-refractivity contribution >= 4 is 21.6 Å². The van der Waals surface area contributed by atoms with Crippen LogP contribution in [0.1, 0.15) is 27.9 Å². The molecule has 1 N–H and O–H groups in total. The number of nitrogens with zero attached hydrogens (tertiary/aromatic N) is 2. The summed E-state index contributed by atoms with van der Waals surface area (Å²) in [6.07, 6.45) is 0.966. The van der Waals surface area contributed by atoms with Gasteiger partial charge >= 0.3 is 0 Å². The Balaban J connectivity index is 1.53. The molecule has 9 heteroatoms. The van der Waals surface area contributed by atoms with Gasteiger partial charge in [0.25, 0.3) is 5.91 Å². The van der Waals surface area contributed by atoms with Crippen molar-refractivity contribution in [2.45, 2.75) is 19.4 Å². The number of fused-ring (bicyclic) bond motifs is 1. The fourth-order valence-electron chi connectivity index (χ4n) is 3.69. The summed E-state index contributed by atoms with van der Waals surface area (Å²) in [6, 6.07) is 11.0. The van der Waals surface area contributed by atoms with Gasteiger partial charge in [0.1, 0.15) is 0 Å². The lowest BCUT2D eigenvalue weighted by Crippen LogP contribution is -2.38. The standard InChI is InChI=1S/C23H31N3O5S/c1-25(2)20-8-6-17(7-9-20)23(27)24-11-5-13-32(28,29)26-12-10-18-14-21(30-3)22(31-4)15-19(18)16-26/h6-9,14-15H,5,10-13,16H2,1-4H3,(H,24,27). The molecule has 0 saturated carbocycles. The average Bonchev–Trinajstić information content (AvgIpc) is 2.80. The Hall–Kier alpha value is -2.78. The van der Waals surface area contributed by atoms with Gasteiger partial charge in [-0.2, -0.15) is 4.31 Å². The van der Waals surface area contributed by atoms with Gasteiger partial charge in [-0.15, -0.1) is 0 Å². The van der Waals surface area contributed by atoms with Crippen molar-refractivity contribution in [2.75, 3.05) is 52.1 Å². The number of benzene rings is 2. The third-order valence-corrected chi connectivity index (χ3v) is 7.49. The smallest absolute Gasteiger partial charge is 0.251 e. The molecule has 1 aliphatic rings. The van der Waals surface area contributed by atoms with Gasteiger partial charge in [-0.05, 0) is 60.4 Å². The molecule has 0 saturated heterocycles. The minimum atomic E-state index is -3.43. The van der Waals surface area contributed by atoms with E-state index in [1.807, 2.05) is 43.3 Å². The molecule has 0 aromatic heterocycles. The Morgan fingerprint density at radius 1 is 1.06 bits per heavy atom. The Morgan fingerprint density at radius 2 is 1.69 bits per heavy atom. The van der Waals surface area contributed by atoms with E-state index in [1.54, 1.807) is 26.4 Å². The molecule has 0 radical (unpaired) electrons. The Kier molecular flexibility index (Phi) is 7.63. The van der Waals surface area contributed by atoms with Crippen molar-refractivity contribution in [1.82, 2.24) is 9.62 Å². The average molecular weight is 462 g/mol. The predicted octanol–water partition coefficient (Wildman–Crippen LogP) is 2.28. The second-order valence-electron chi connectivity index (χ2n) is 7.93. The van der Waals surface area contributed by atoms with Crippen LogP contribution in [0.25, 0.3) is 0 Å². The number of amides is 1. The first-order chi connectivity index (χ1) is 15.2. The quantitative estimate of drug-likeness (QED) is 0.577. The molecule has 1 aliphatic heterocycles. The molecular weight excluding hydrogens is 430 g/mol. The first kappa shape index (κ1) is 23.9. The first-order valence-corrected chi connectivity index (χ1v) is 12.1. The summed E-state index contributed by atoms with van der Waals surface area (Å²) in [5.74, 6) is 1.01. The van der Waals surface area contributed by atoms with Crippen molar-refractivity contribution in [3.63, 3.8) is 0 Å². The van der Waals surface area contributed by atoms with E-state index < -0.39 is 10.0 Å². The summed E-state index contributed by atoms with van der Waals surface area (Å²) >= 11 is 0. The van der Waals surface area contributed by atoms with Gasteiger partial charge in [-0.25, -0.2) is 8.42 Å². The van der Waals surface area contributed by atoms with Crippen molar-refractivity contribution in [3.05, 3.63) is 53.1 Å². The van der Waals surface area contributed by atoms with Crippen LogP contribution in [0, 0.1) is 0 Å². The minimum absolute atomic E-state index is 0.0184. The summed E-state index contributed by atoms with van der Waals surface area (Å²) in [5, 5.41) is 2.80. The van der Waals surface area contributed by atoms with Gasteiger partial charge in [0.15, 0.2) is 11.5 Å². The summed E-state index contributed by atoms with van der Waals surface area (Å²) < 4.78 is 37.9. The van der Waals surface area contributed by atoms with Gasteiger partial charge in [0, 0.05) is 45.0 Å². The summed E-state index contributed by atoms with van der Waals surface area (Å²) in [5.41, 5.74) is 3.55. The third kappa shape index (κ3) is 5.52. The van der Waals surface area contributed by atoms with Crippen LogP contribution in [-0.4, -0.2) is 65.8 Å². The van der Waals surface area contributed by atoms with Crippen LogP contribution in [0.15, 0.2) is 36.4 Å². The molecule has 0 bridgehead atoms. The van der Waals surface area contributed by atoms with Gasteiger partial charge in [0.2, 0.25) is 10.0 Å². The maximum atomic E-state index is 12.8. The Bertz CT molecular complexity index is 1050. The Labute approximate surface area is 190 Å². The first-order valence-electron chi connectivity index (χ1n) is 10.5.